The van der Waals surface area contributed by atoms with Crippen molar-refractivity contribution < 1.29 is 9.47 Å². The highest BCUT2D eigenvalue weighted by atomic mass is 79.9. The van der Waals surface area contributed by atoms with E-state index in [4.69, 9.17) is 14.6 Å². The summed E-state index contributed by atoms with van der Waals surface area (Å²) in [4.78, 5) is 0.882. The molecule has 25 heavy (non-hydrogen) atoms. The van der Waals surface area contributed by atoms with E-state index in [1.54, 1.807) is 7.11 Å². The number of benzene rings is 3. The van der Waals surface area contributed by atoms with Crippen LogP contribution in [0.25, 0.3) is 11.1 Å². The van der Waals surface area contributed by atoms with Crippen LogP contribution in [0.3, 0.4) is 0 Å². The molecule has 3 aromatic carbocycles. The standard InChI is InChI=1S/C20H18BrNO2S/c1-13-10-19(20(25-22)12-18(13)21)24-17-5-3-4-15(11-17)14-6-8-16(23-2)9-7-14/h3-12H,22H2,1-2H3. The van der Waals surface area contributed by atoms with Crippen LogP contribution in [-0.2, 0) is 0 Å². The Morgan fingerprint density at radius 1 is 0.920 bits per heavy atom. The lowest BCUT2D eigenvalue weighted by Crippen LogP contribution is -1.92. The molecule has 0 bridgehead atoms. The van der Waals surface area contributed by atoms with Crippen LogP contribution in [0.1, 0.15) is 5.56 Å². The molecule has 0 saturated heterocycles. The maximum Gasteiger partial charge on any atom is 0.142 e. The average molecular weight is 416 g/mol. The van der Waals surface area contributed by atoms with E-state index in [9.17, 15) is 0 Å². The molecular formula is C20H18BrNO2S. The minimum absolute atomic E-state index is 0.750. The first-order chi connectivity index (χ1) is 12.1. The summed E-state index contributed by atoms with van der Waals surface area (Å²) in [6, 6.07) is 19.9. The Morgan fingerprint density at radius 3 is 2.36 bits per heavy atom. The molecule has 5 heteroatoms. The zero-order valence-corrected chi connectivity index (χ0v) is 16.4. The highest BCUT2D eigenvalue weighted by Gasteiger charge is 2.09. The lowest BCUT2D eigenvalue weighted by atomic mass is 10.1. The molecule has 0 amide bonds. The molecule has 3 rings (SSSR count). The summed E-state index contributed by atoms with van der Waals surface area (Å²) in [6.07, 6.45) is 0. The fourth-order valence-corrected chi connectivity index (χ4v) is 3.36. The summed E-state index contributed by atoms with van der Waals surface area (Å²) in [6.45, 7) is 2.02. The highest BCUT2D eigenvalue weighted by Crippen LogP contribution is 2.36. The number of hydrogen-bond donors (Lipinski definition) is 1. The summed E-state index contributed by atoms with van der Waals surface area (Å²) in [5.74, 6) is 2.36. The van der Waals surface area contributed by atoms with Gasteiger partial charge in [0, 0.05) is 4.47 Å². The Labute approximate surface area is 160 Å². The molecular weight excluding hydrogens is 398 g/mol. The number of rotatable bonds is 5. The summed E-state index contributed by atoms with van der Waals surface area (Å²) >= 11 is 4.70. The predicted octanol–water partition coefficient (Wildman–Crippen LogP) is 6.19. The van der Waals surface area contributed by atoms with Gasteiger partial charge in [-0.25, -0.2) is 0 Å². The topological polar surface area (TPSA) is 44.5 Å². The molecule has 0 fully saturated rings. The first-order valence-corrected chi connectivity index (χ1v) is 9.37. The maximum absolute atomic E-state index is 6.10. The Hall–Kier alpha value is -1.95. The number of ether oxygens (including phenoxy) is 2. The second-order valence-electron chi connectivity index (χ2n) is 5.52. The zero-order chi connectivity index (χ0) is 17.8. The normalized spacial score (nSPS) is 10.6. The van der Waals surface area contributed by atoms with Crippen LogP contribution in [0.2, 0.25) is 0 Å². The van der Waals surface area contributed by atoms with Crippen molar-refractivity contribution >= 4 is 27.9 Å². The lowest BCUT2D eigenvalue weighted by Gasteiger charge is -2.13. The smallest absolute Gasteiger partial charge is 0.142 e. The van der Waals surface area contributed by atoms with Gasteiger partial charge in [-0.15, -0.1) is 0 Å². The van der Waals surface area contributed by atoms with E-state index in [2.05, 4.69) is 22.0 Å². The minimum Gasteiger partial charge on any atom is -0.497 e. The van der Waals surface area contributed by atoms with Crippen LogP contribution in [0.4, 0.5) is 0 Å². The van der Waals surface area contributed by atoms with Gasteiger partial charge in [0.05, 0.1) is 12.0 Å². The molecule has 0 unspecified atom stereocenters. The SMILES string of the molecule is COc1ccc(-c2cccc(Oc3cc(C)c(Br)cc3SN)c2)cc1. The van der Waals surface area contributed by atoms with Gasteiger partial charge in [0.25, 0.3) is 0 Å². The number of aryl methyl sites for hydroxylation is 1. The molecule has 0 heterocycles. The van der Waals surface area contributed by atoms with Crippen molar-refractivity contribution in [2.45, 2.75) is 11.8 Å². The molecule has 0 aliphatic rings. The van der Waals surface area contributed by atoms with Crippen LogP contribution in [0, 0.1) is 6.92 Å². The fourth-order valence-electron chi connectivity index (χ4n) is 2.46. The molecule has 0 spiro atoms. The number of halogens is 1. The molecule has 2 N–H and O–H groups in total. The first-order valence-electron chi connectivity index (χ1n) is 7.70. The Balaban J connectivity index is 1.90. The zero-order valence-electron chi connectivity index (χ0n) is 14.0. The van der Waals surface area contributed by atoms with Crippen LogP contribution in [0.15, 0.2) is 70.0 Å². The Morgan fingerprint density at radius 2 is 1.68 bits per heavy atom. The van der Waals surface area contributed by atoms with Gasteiger partial charge in [-0.1, -0.05) is 40.2 Å². The van der Waals surface area contributed by atoms with Crippen molar-refractivity contribution in [3.8, 4) is 28.4 Å². The van der Waals surface area contributed by atoms with E-state index in [0.717, 1.165) is 43.3 Å². The molecule has 0 aliphatic heterocycles. The van der Waals surface area contributed by atoms with Crippen LogP contribution in [0.5, 0.6) is 17.2 Å². The predicted molar refractivity (Wildman–Crippen MR) is 107 cm³/mol. The molecule has 3 aromatic rings. The third kappa shape index (κ3) is 4.18. The van der Waals surface area contributed by atoms with Crippen molar-refractivity contribution in [1.82, 2.24) is 0 Å². The van der Waals surface area contributed by atoms with Crippen LogP contribution >= 0.6 is 27.9 Å². The largest absolute Gasteiger partial charge is 0.497 e. The summed E-state index contributed by atoms with van der Waals surface area (Å²) < 4.78 is 12.3. The van der Waals surface area contributed by atoms with Crippen molar-refractivity contribution in [1.29, 1.82) is 0 Å². The third-order valence-electron chi connectivity index (χ3n) is 3.84. The van der Waals surface area contributed by atoms with Crippen molar-refractivity contribution in [3.05, 3.63) is 70.7 Å². The Kier molecular flexibility index (Phi) is 5.68. The van der Waals surface area contributed by atoms with Gasteiger partial charge >= 0.3 is 0 Å². The minimum atomic E-state index is 0.750. The number of hydrogen-bond acceptors (Lipinski definition) is 4. The molecule has 0 saturated carbocycles. The van der Waals surface area contributed by atoms with Gasteiger partial charge < -0.3 is 9.47 Å². The summed E-state index contributed by atoms with van der Waals surface area (Å²) in [7, 11) is 1.66. The fraction of sp³-hybridized carbons (Fsp3) is 0.100. The van der Waals surface area contributed by atoms with Gasteiger partial charge in [0.1, 0.15) is 17.2 Å². The van der Waals surface area contributed by atoms with Gasteiger partial charge in [0.15, 0.2) is 0 Å². The van der Waals surface area contributed by atoms with Crippen LogP contribution in [-0.4, -0.2) is 7.11 Å². The van der Waals surface area contributed by atoms with E-state index >= 15 is 0 Å². The molecule has 0 radical (unpaired) electrons. The lowest BCUT2D eigenvalue weighted by molar-refractivity contribution is 0.415. The molecule has 0 aromatic heterocycles. The quantitative estimate of drug-likeness (QED) is 0.504. The third-order valence-corrected chi connectivity index (χ3v) is 5.26. The monoisotopic (exact) mass is 415 g/mol. The molecule has 3 nitrogen and oxygen atoms in total. The van der Waals surface area contributed by atoms with Crippen molar-refractivity contribution in [3.63, 3.8) is 0 Å². The second kappa shape index (κ2) is 7.95. The van der Waals surface area contributed by atoms with Gasteiger partial charge in [-0.2, -0.15) is 0 Å². The molecule has 0 atom stereocenters. The molecule has 0 aliphatic carbocycles. The van der Waals surface area contributed by atoms with Crippen LogP contribution < -0.4 is 14.6 Å². The van der Waals surface area contributed by atoms with Crippen molar-refractivity contribution in [2.24, 2.45) is 5.14 Å². The highest BCUT2D eigenvalue weighted by molar-refractivity contribution is 9.10. The summed E-state index contributed by atoms with van der Waals surface area (Å²) in [5, 5.41) is 5.78. The second-order valence-corrected chi connectivity index (χ2v) is 7.05. The van der Waals surface area contributed by atoms with E-state index in [1.165, 1.54) is 11.9 Å². The number of methoxy groups -OCH3 is 1. The van der Waals surface area contributed by atoms with E-state index in [1.807, 2.05) is 61.5 Å². The molecule has 128 valence electrons. The average Bonchev–Trinajstić information content (AvgIpc) is 2.65. The van der Waals surface area contributed by atoms with E-state index in [-0.39, 0.29) is 0 Å². The van der Waals surface area contributed by atoms with E-state index < -0.39 is 0 Å². The van der Waals surface area contributed by atoms with E-state index in [0.29, 0.717) is 0 Å². The van der Waals surface area contributed by atoms with Crippen molar-refractivity contribution in [2.75, 3.05) is 7.11 Å². The van der Waals surface area contributed by atoms with Gasteiger partial charge in [-0.05, 0) is 72.0 Å². The number of nitrogens with two attached hydrogens (primary N) is 1. The Bertz CT molecular complexity index is 881. The summed E-state index contributed by atoms with van der Waals surface area (Å²) in [5.41, 5.74) is 3.28. The first kappa shape index (κ1) is 17.9. The van der Waals surface area contributed by atoms with Gasteiger partial charge in [-0.3, -0.25) is 5.14 Å². The maximum atomic E-state index is 6.10. The van der Waals surface area contributed by atoms with Gasteiger partial charge in [0.2, 0.25) is 0 Å².